The van der Waals surface area contributed by atoms with E-state index in [9.17, 15) is 19.2 Å². The standard InChI is InChI=1S/C34H35FO9S/c1-34(2,33(39)42-5)19-26(37)29-17-24-28(45-29)18-27(40-3)32(31(24)35)44-14-6-13-43-23-10-9-20-15-22(8-7-21(20)16-23)25(36)11-12-30(38)41-4/h7-10,15-18H,6,11-14,19H2,1-5H3. The summed E-state index contributed by atoms with van der Waals surface area (Å²) in [5, 5.41) is 1.98. The van der Waals surface area contributed by atoms with Crippen molar-refractivity contribution in [3.63, 3.8) is 0 Å². The highest BCUT2D eigenvalue weighted by Crippen LogP contribution is 2.41. The number of hydrogen-bond donors (Lipinski definition) is 0. The topological polar surface area (TPSA) is 114 Å². The number of hydrogen-bond acceptors (Lipinski definition) is 10. The molecule has 1 heterocycles. The molecule has 0 aliphatic carbocycles. The number of fused-ring (bicyclic) bond motifs is 2. The van der Waals surface area contributed by atoms with Gasteiger partial charge in [-0.2, -0.15) is 0 Å². The summed E-state index contributed by atoms with van der Waals surface area (Å²) in [6.45, 7) is 3.70. The predicted octanol–water partition coefficient (Wildman–Crippen LogP) is 6.96. The zero-order valence-corrected chi connectivity index (χ0v) is 26.6. The molecule has 4 aromatic rings. The van der Waals surface area contributed by atoms with E-state index in [1.165, 1.54) is 27.4 Å². The smallest absolute Gasteiger partial charge is 0.311 e. The minimum absolute atomic E-state index is 0.0339. The number of esters is 2. The third kappa shape index (κ3) is 7.96. The van der Waals surface area contributed by atoms with E-state index in [2.05, 4.69) is 4.74 Å². The Bertz CT molecular complexity index is 1740. The van der Waals surface area contributed by atoms with E-state index < -0.39 is 23.2 Å². The highest BCUT2D eigenvalue weighted by Gasteiger charge is 2.32. The van der Waals surface area contributed by atoms with Gasteiger partial charge in [-0.15, -0.1) is 11.3 Å². The molecule has 0 saturated heterocycles. The van der Waals surface area contributed by atoms with Crippen LogP contribution in [-0.2, 0) is 19.1 Å². The molecule has 0 spiro atoms. The lowest BCUT2D eigenvalue weighted by Crippen LogP contribution is -2.28. The lowest BCUT2D eigenvalue weighted by Gasteiger charge is -2.19. The molecule has 0 atom stereocenters. The molecule has 4 rings (SSSR count). The number of ether oxygens (including phenoxy) is 5. The molecule has 45 heavy (non-hydrogen) atoms. The Hall–Kier alpha value is -4.51. The summed E-state index contributed by atoms with van der Waals surface area (Å²) in [6, 6.07) is 13.9. The Morgan fingerprint density at radius 1 is 0.822 bits per heavy atom. The first-order valence-corrected chi connectivity index (χ1v) is 15.1. The fourth-order valence-corrected chi connectivity index (χ4v) is 5.76. The molecule has 3 aromatic carbocycles. The van der Waals surface area contributed by atoms with Crippen molar-refractivity contribution in [3.05, 3.63) is 64.8 Å². The quantitative estimate of drug-likeness (QED) is 0.0774. The van der Waals surface area contributed by atoms with Crippen LogP contribution in [-0.4, -0.2) is 58.0 Å². The van der Waals surface area contributed by atoms with Gasteiger partial charge in [0.1, 0.15) is 5.75 Å². The molecule has 0 N–H and O–H groups in total. The lowest BCUT2D eigenvalue weighted by atomic mass is 9.87. The third-order valence-electron chi connectivity index (χ3n) is 7.24. The molecular weight excluding hydrogens is 603 g/mol. The normalized spacial score (nSPS) is 11.3. The summed E-state index contributed by atoms with van der Waals surface area (Å²) < 4.78 is 42.5. The monoisotopic (exact) mass is 638 g/mol. The van der Waals surface area contributed by atoms with E-state index in [1.807, 2.05) is 18.2 Å². The number of carbonyl (C=O) groups excluding carboxylic acids is 4. The van der Waals surface area contributed by atoms with Crippen molar-refractivity contribution in [2.45, 2.75) is 39.5 Å². The molecule has 0 saturated carbocycles. The molecule has 0 aliphatic rings. The third-order valence-corrected chi connectivity index (χ3v) is 8.36. The van der Waals surface area contributed by atoms with Crippen LogP contribution >= 0.6 is 11.3 Å². The molecule has 1 aromatic heterocycles. The molecule has 0 unspecified atom stereocenters. The van der Waals surface area contributed by atoms with Crippen molar-refractivity contribution in [3.8, 4) is 17.2 Å². The van der Waals surface area contributed by atoms with Crippen LogP contribution < -0.4 is 14.2 Å². The number of rotatable bonds is 15. The Labute approximate surface area is 264 Å². The van der Waals surface area contributed by atoms with Crippen LogP contribution in [0.15, 0.2) is 48.5 Å². The second-order valence-electron chi connectivity index (χ2n) is 11.0. The van der Waals surface area contributed by atoms with E-state index in [1.54, 1.807) is 38.1 Å². The molecule has 0 bridgehead atoms. The van der Waals surface area contributed by atoms with Crippen LogP contribution in [0.3, 0.4) is 0 Å². The first-order valence-electron chi connectivity index (χ1n) is 14.3. The van der Waals surface area contributed by atoms with Gasteiger partial charge in [-0.05, 0) is 48.9 Å². The maximum absolute atomic E-state index is 15.6. The molecule has 0 aliphatic heterocycles. The molecular formula is C34H35FO9S. The van der Waals surface area contributed by atoms with Crippen LogP contribution in [0.25, 0.3) is 20.9 Å². The number of benzene rings is 3. The Kier molecular flexibility index (Phi) is 10.8. The second kappa shape index (κ2) is 14.5. The largest absolute Gasteiger partial charge is 0.493 e. The van der Waals surface area contributed by atoms with Gasteiger partial charge in [0.05, 0.1) is 51.3 Å². The van der Waals surface area contributed by atoms with Gasteiger partial charge in [0, 0.05) is 41.0 Å². The SMILES string of the molecule is COC(=O)CCC(=O)c1ccc2cc(OCCCOc3c(OC)cc4sc(C(=O)CC(C)(C)C(=O)OC)cc4c3F)ccc2c1. The average Bonchev–Trinajstić information content (AvgIpc) is 3.48. The Morgan fingerprint density at radius 2 is 1.53 bits per heavy atom. The zero-order valence-electron chi connectivity index (χ0n) is 25.8. The Balaban J connectivity index is 1.35. The van der Waals surface area contributed by atoms with Crippen molar-refractivity contribution in [2.24, 2.45) is 5.41 Å². The molecule has 0 amide bonds. The van der Waals surface area contributed by atoms with Crippen molar-refractivity contribution in [2.75, 3.05) is 34.5 Å². The number of methoxy groups -OCH3 is 3. The van der Waals surface area contributed by atoms with Crippen molar-refractivity contribution >= 4 is 55.7 Å². The van der Waals surface area contributed by atoms with Crippen LogP contribution in [0.5, 0.6) is 17.2 Å². The van der Waals surface area contributed by atoms with Crippen LogP contribution in [0.2, 0.25) is 0 Å². The summed E-state index contributed by atoms with van der Waals surface area (Å²) >= 11 is 1.12. The van der Waals surface area contributed by atoms with Crippen molar-refractivity contribution < 1.29 is 47.3 Å². The highest BCUT2D eigenvalue weighted by atomic mass is 32.1. The Morgan fingerprint density at radius 3 is 2.24 bits per heavy atom. The van der Waals surface area contributed by atoms with Gasteiger partial charge < -0.3 is 23.7 Å². The fraction of sp³-hybridized carbons (Fsp3) is 0.353. The first kappa shape index (κ1) is 33.4. The summed E-state index contributed by atoms with van der Waals surface area (Å²) in [4.78, 5) is 49.0. The van der Waals surface area contributed by atoms with Gasteiger partial charge in [-0.3, -0.25) is 19.2 Å². The summed E-state index contributed by atoms with van der Waals surface area (Å²) in [5.74, 6) is -1.21. The zero-order chi connectivity index (χ0) is 32.7. The van der Waals surface area contributed by atoms with Gasteiger partial charge in [0.15, 0.2) is 28.9 Å². The molecule has 11 heteroatoms. The van der Waals surface area contributed by atoms with Gasteiger partial charge >= 0.3 is 11.9 Å². The van der Waals surface area contributed by atoms with E-state index in [4.69, 9.17) is 18.9 Å². The van der Waals surface area contributed by atoms with Gasteiger partial charge in [0.25, 0.3) is 0 Å². The van der Waals surface area contributed by atoms with E-state index in [0.717, 1.165) is 22.1 Å². The predicted molar refractivity (Wildman–Crippen MR) is 168 cm³/mol. The molecule has 0 radical (unpaired) electrons. The van der Waals surface area contributed by atoms with E-state index in [-0.39, 0.29) is 54.3 Å². The summed E-state index contributed by atoms with van der Waals surface area (Å²) in [7, 11) is 3.97. The van der Waals surface area contributed by atoms with Gasteiger partial charge in [0.2, 0.25) is 0 Å². The first-order chi connectivity index (χ1) is 21.5. The van der Waals surface area contributed by atoms with Gasteiger partial charge in [-0.1, -0.05) is 18.2 Å². The number of Topliss-reactive ketones (excluding diaryl/α,β-unsaturated/α-hetero) is 2. The maximum atomic E-state index is 15.6. The number of thiophene rings is 1. The van der Waals surface area contributed by atoms with Crippen molar-refractivity contribution in [1.29, 1.82) is 0 Å². The minimum atomic E-state index is -1.01. The van der Waals surface area contributed by atoms with Gasteiger partial charge in [-0.25, -0.2) is 4.39 Å². The average molecular weight is 639 g/mol. The second-order valence-corrected chi connectivity index (χ2v) is 12.1. The molecule has 9 nitrogen and oxygen atoms in total. The molecule has 0 fully saturated rings. The highest BCUT2D eigenvalue weighted by molar-refractivity contribution is 7.20. The summed E-state index contributed by atoms with van der Waals surface area (Å²) in [5.41, 5.74) is -0.495. The fourth-order valence-electron chi connectivity index (χ4n) is 4.73. The number of ketones is 2. The maximum Gasteiger partial charge on any atom is 0.311 e. The van der Waals surface area contributed by atoms with E-state index in [0.29, 0.717) is 33.9 Å². The minimum Gasteiger partial charge on any atom is -0.493 e. The number of halogens is 1. The van der Waals surface area contributed by atoms with Crippen LogP contribution in [0.1, 0.15) is 59.6 Å². The number of carbonyl (C=O) groups is 4. The van der Waals surface area contributed by atoms with E-state index >= 15 is 4.39 Å². The van der Waals surface area contributed by atoms with Crippen LogP contribution in [0, 0.1) is 11.2 Å². The molecule has 238 valence electrons. The lowest BCUT2D eigenvalue weighted by molar-refractivity contribution is -0.150. The van der Waals surface area contributed by atoms with Crippen molar-refractivity contribution in [1.82, 2.24) is 0 Å². The van der Waals surface area contributed by atoms with Crippen LogP contribution in [0.4, 0.5) is 4.39 Å². The summed E-state index contributed by atoms with van der Waals surface area (Å²) in [6.07, 6.45) is 0.482.